The Kier molecular flexibility index (Phi) is 7.28. The molecule has 1 aliphatic heterocycles. The Balaban J connectivity index is 1.74. The SMILES string of the molecule is O=C(NCCc1ccccc1)[C@@H]1CN(C(=O)CCl)CCN1S(=O)(=O)c1ccsc1. The number of carbonyl (C=O) groups excluding carboxylic acids is 2. The number of alkyl halides is 1. The molecule has 3 rings (SSSR count). The maximum absolute atomic E-state index is 13.0. The molecule has 1 aliphatic rings. The number of nitrogens with zero attached hydrogens (tertiary/aromatic N) is 2. The van der Waals surface area contributed by atoms with E-state index in [0.717, 1.165) is 5.56 Å². The average Bonchev–Trinajstić information content (AvgIpc) is 3.29. The fourth-order valence-electron chi connectivity index (χ4n) is 3.21. The lowest BCUT2D eigenvalue weighted by Gasteiger charge is -2.39. The molecule has 29 heavy (non-hydrogen) atoms. The molecule has 0 unspecified atom stereocenters. The Morgan fingerprint density at radius 1 is 1.17 bits per heavy atom. The third-order valence-corrected chi connectivity index (χ3v) is 7.72. The molecule has 7 nitrogen and oxygen atoms in total. The van der Waals surface area contributed by atoms with Gasteiger partial charge in [-0.25, -0.2) is 8.42 Å². The quantitative estimate of drug-likeness (QED) is 0.642. The molecule has 0 saturated carbocycles. The van der Waals surface area contributed by atoms with Crippen LogP contribution >= 0.6 is 22.9 Å². The maximum Gasteiger partial charge on any atom is 0.244 e. The molecular weight excluding hydrogens is 434 g/mol. The first kappa shape index (κ1) is 21.8. The second kappa shape index (κ2) is 9.71. The smallest absolute Gasteiger partial charge is 0.244 e. The molecule has 1 fully saturated rings. The summed E-state index contributed by atoms with van der Waals surface area (Å²) in [6, 6.07) is 10.2. The van der Waals surface area contributed by atoms with E-state index >= 15 is 0 Å². The maximum atomic E-state index is 13.0. The Bertz CT molecular complexity index is 936. The molecule has 0 spiro atoms. The summed E-state index contributed by atoms with van der Waals surface area (Å²) < 4.78 is 27.2. The molecule has 2 heterocycles. The van der Waals surface area contributed by atoms with Gasteiger partial charge in [0.2, 0.25) is 21.8 Å². The highest BCUT2D eigenvalue weighted by Gasteiger charge is 2.41. The molecule has 1 saturated heterocycles. The number of thiophene rings is 1. The van der Waals surface area contributed by atoms with Gasteiger partial charge < -0.3 is 10.2 Å². The summed E-state index contributed by atoms with van der Waals surface area (Å²) in [5.74, 6) is -0.951. The number of benzene rings is 1. The highest BCUT2D eigenvalue weighted by Crippen LogP contribution is 2.23. The predicted molar refractivity (Wildman–Crippen MR) is 112 cm³/mol. The highest BCUT2D eigenvalue weighted by molar-refractivity contribution is 7.89. The fraction of sp³-hybridized carbons (Fsp3) is 0.368. The zero-order valence-electron chi connectivity index (χ0n) is 15.7. The number of hydrogen-bond acceptors (Lipinski definition) is 5. The Hall–Kier alpha value is -1.94. The number of rotatable bonds is 7. The normalized spacial score (nSPS) is 17.8. The van der Waals surface area contributed by atoms with Gasteiger partial charge in [0.05, 0.1) is 4.90 Å². The van der Waals surface area contributed by atoms with Crippen molar-refractivity contribution in [3.05, 3.63) is 52.7 Å². The molecule has 1 atom stereocenters. The van der Waals surface area contributed by atoms with E-state index in [1.54, 1.807) is 5.38 Å². The van der Waals surface area contributed by atoms with E-state index in [0.29, 0.717) is 13.0 Å². The Morgan fingerprint density at radius 2 is 1.93 bits per heavy atom. The van der Waals surface area contributed by atoms with Crippen LogP contribution in [0, 0.1) is 0 Å². The summed E-state index contributed by atoms with van der Waals surface area (Å²) in [7, 11) is -3.83. The molecule has 156 valence electrons. The highest BCUT2D eigenvalue weighted by atomic mass is 35.5. The van der Waals surface area contributed by atoms with E-state index < -0.39 is 22.0 Å². The van der Waals surface area contributed by atoms with E-state index in [1.807, 2.05) is 30.3 Å². The topological polar surface area (TPSA) is 86.8 Å². The fourth-order valence-corrected chi connectivity index (χ4v) is 5.96. The number of piperazine rings is 1. The molecule has 0 radical (unpaired) electrons. The minimum absolute atomic E-state index is 0.0217. The minimum atomic E-state index is -3.83. The van der Waals surface area contributed by atoms with Gasteiger partial charge in [0.25, 0.3) is 0 Å². The van der Waals surface area contributed by atoms with E-state index in [1.165, 1.54) is 32.0 Å². The van der Waals surface area contributed by atoms with Gasteiger partial charge in [0.15, 0.2) is 0 Å². The van der Waals surface area contributed by atoms with Crippen molar-refractivity contribution in [3.8, 4) is 0 Å². The van der Waals surface area contributed by atoms with E-state index in [2.05, 4.69) is 5.32 Å². The molecule has 10 heteroatoms. The van der Waals surface area contributed by atoms with Crippen molar-refractivity contribution < 1.29 is 18.0 Å². The molecule has 1 N–H and O–H groups in total. The molecule has 2 aromatic rings. The van der Waals surface area contributed by atoms with Crippen LogP contribution < -0.4 is 5.32 Å². The molecule has 1 aromatic heterocycles. The van der Waals surface area contributed by atoms with Crippen LogP contribution in [0.4, 0.5) is 0 Å². The standard InChI is InChI=1S/C19H22ClN3O4S2/c20-12-18(24)22-9-10-23(29(26,27)16-7-11-28-14-16)17(13-22)19(25)21-8-6-15-4-2-1-3-5-15/h1-5,7,11,14,17H,6,8-10,12-13H2,(H,21,25)/t17-/m0/s1. The molecule has 0 aliphatic carbocycles. The largest absolute Gasteiger partial charge is 0.354 e. The third kappa shape index (κ3) is 5.16. The first-order valence-corrected chi connectivity index (χ1v) is 12.0. The van der Waals surface area contributed by atoms with E-state index in [4.69, 9.17) is 11.6 Å². The summed E-state index contributed by atoms with van der Waals surface area (Å²) in [5, 5.41) is 6.03. The van der Waals surface area contributed by atoms with Crippen LogP contribution in [0.5, 0.6) is 0 Å². The molecule has 2 amide bonds. The number of sulfonamides is 1. The van der Waals surface area contributed by atoms with Gasteiger partial charge in [0.1, 0.15) is 11.9 Å². The number of amides is 2. The van der Waals surface area contributed by atoms with Crippen LogP contribution in [-0.2, 0) is 26.0 Å². The second-order valence-electron chi connectivity index (χ2n) is 6.59. The van der Waals surface area contributed by atoms with Crippen molar-refractivity contribution >= 4 is 44.8 Å². The molecule has 1 aromatic carbocycles. The van der Waals surface area contributed by atoms with Gasteiger partial charge in [-0.05, 0) is 23.4 Å². The minimum Gasteiger partial charge on any atom is -0.354 e. The molecule has 0 bridgehead atoms. The van der Waals surface area contributed by atoms with Crippen LogP contribution in [-0.4, -0.2) is 67.5 Å². The number of hydrogen-bond donors (Lipinski definition) is 1. The number of halogens is 1. The van der Waals surface area contributed by atoms with Crippen molar-refractivity contribution in [3.63, 3.8) is 0 Å². The monoisotopic (exact) mass is 455 g/mol. The Labute approximate surface area is 179 Å². The average molecular weight is 456 g/mol. The number of carbonyl (C=O) groups is 2. The van der Waals surface area contributed by atoms with E-state index in [-0.39, 0.29) is 36.3 Å². The van der Waals surface area contributed by atoms with Gasteiger partial charge in [-0.2, -0.15) is 15.6 Å². The van der Waals surface area contributed by atoms with Crippen molar-refractivity contribution in [1.29, 1.82) is 0 Å². The summed E-state index contributed by atoms with van der Waals surface area (Å²) in [4.78, 5) is 26.5. The number of nitrogens with one attached hydrogen (secondary N) is 1. The first-order valence-electron chi connectivity index (χ1n) is 9.13. The zero-order valence-corrected chi connectivity index (χ0v) is 18.0. The molecular formula is C19H22ClN3O4S2. The van der Waals surface area contributed by atoms with Gasteiger partial charge in [-0.15, -0.1) is 11.6 Å². The van der Waals surface area contributed by atoms with Crippen LogP contribution in [0.25, 0.3) is 0 Å². The predicted octanol–water partition coefficient (Wildman–Crippen LogP) is 1.55. The van der Waals surface area contributed by atoms with Crippen LogP contribution in [0.2, 0.25) is 0 Å². The summed E-state index contributed by atoms with van der Waals surface area (Å²) in [6.45, 7) is 0.585. The van der Waals surface area contributed by atoms with Gasteiger partial charge in [-0.1, -0.05) is 30.3 Å². The Morgan fingerprint density at radius 3 is 2.59 bits per heavy atom. The van der Waals surface area contributed by atoms with Crippen molar-refractivity contribution in [2.75, 3.05) is 32.1 Å². The summed E-state index contributed by atoms with van der Waals surface area (Å²) >= 11 is 6.92. The van der Waals surface area contributed by atoms with Gasteiger partial charge in [-0.3, -0.25) is 9.59 Å². The van der Waals surface area contributed by atoms with Crippen LogP contribution in [0.1, 0.15) is 5.56 Å². The zero-order chi connectivity index (χ0) is 20.9. The van der Waals surface area contributed by atoms with Gasteiger partial charge >= 0.3 is 0 Å². The van der Waals surface area contributed by atoms with Crippen molar-refractivity contribution in [2.24, 2.45) is 0 Å². The lowest BCUT2D eigenvalue weighted by molar-refractivity contribution is -0.134. The van der Waals surface area contributed by atoms with E-state index in [9.17, 15) is 18.0 Å². The first-order chi connectivity index (χ1) is 13.9. The van der Waals surface area contributed by atoms with Crippen molar-refractivity contribution in [2.45, 2.75) is 17.4 Å². The lowest BCUT2D eigenvalue weighted by atomic mass is 10.1. The third-order valence-electron chi connectivity index (χ3n) is 4.76. The summed E-state index contributed by atoms with van der Waals surface area (Å²) in [6.07, 6.45) is 0.626. The summed E-state index contributed by atoms with van der Waals surface area (Å²) in [5.41, 5.74) is 1.07. The second-order valence-corrected chi connectivity index (χ2v) is 9.53. The van der Waals surface area contributed by atoms with Crippen LogP contribution in [0.3, 0.4) is 0 Å². The van der Waals surface area contributed by atoms with Gasteiger partial charge in [0, 0.05) is 31.6 Å². The van der Waals surface area contributed by atoms with Crippen molar-refractivity contribution in [1.82, 2.24) is 14.5 Å². The van der Waals surface area contributed by atoms with Crippen LogP contribution in [0.15, 0.2) is 52.1 Å². The lowest BCUT2D eigenvalue weighted by Crippen LogP contribution is -2.61.